The van der Waals surface area contributed by atoms with E-state index in [9.17, 15) is 4.79 Å². The topological polar surface area (TPSA) is 70.2 Å². The maximum atomic E-state index is 12.6. The molecular formula is C16H19N5O. The van der Waals surface area contributed by atoms with Gasteiger partial charge in [-0.05, 0) is 31.2 Å². The van der Waals surface area contributed by atoms with Gasteiger partial charge in [-0.3, -0.25) is 9.78 Å². The minimum absolute atomic E-state index is 0.0384. The van der Waals surface area contributed by atoms with Crippen molar-refractivity contribution >= 4 is 17.4 Å². The van der Waals surface area contributed by atoms with Crippen molar-refractivity contribution in [2.75, 3.05) is 25.5 Å². The van der Waals surface area contributed by atoms with Gasteiger partial charge in [0.1, 0.15) is 5.82 Å². The van der Waals surface area contributed by atoms with Gasteiger partial charge in [-0.1, -0.05) is 6.07 Å². The van der Waals surface area contributed by atoms with E-state index in [1.165, 1.54) is 0 Å². The van der Waals surface area contributed by atoms with E-state index >= 15 is 0 Å². The van der Waals surface area contributed by atoms with E-state index in [2.05, 4.69) is 20.6 Å². The van der Waals surface area contributed by atoms with Crippen LogP contribution in [-0.2, 0) is 0 Å². The molecule has 114 valence electrons. The second kappa shape index (κ2) is 6.53. The van der Waals surface area contributed by atoms with Crippen LogP contribution in [0.15, 0.2) is 42.9 Å². The number of anilines is 2. The first-order valence-electron chi connectivity index (χ1n) is 7.35. The van der Waals surface area contributed by atoms with Gasteiger partial charge in [0.15, 0.2) is 0 Å². The first-order chi connectivity index (χ1) is 10.7. The monoisotopic (exact) mass is 297 g/mol. The molecule has 1 unspecified atom stereocenters. The number of nitrogens with zero attached hydrogens (tertiary/aromatic N) is 3. The smallest absolute Gasteiger partial charge is 0.253 e. The van der Waals surface area contributed by atoms with Crippen LogP contribution in [0, 0.1) is 0 Å². The summed E-state index contributed by atoms with van der Waals surface area (Å²) in [6, 6.07) is 7.72. The van der Waals surface area contributed by atoms with Crippen LogP contribution < -0.4 is 10.6 Å². The van der Waals surface area contributed by atoms with E-state index < -0.39 is 0 Å². The van der Waals surface area contributed by atoms with Gasteiger partial charge in [-0.15, -0.1) is 0 Å². The van der Waals surface area contributed by atoms with Crippen molar-refractivity contribution in [1.82, 2.24) is 20.2 Å². The first kappa shape index (κ1) is 14.5. The van der Waals surface area contributed by atoms with Crippen molar-refractivity contribution in [3.63, 3.8) is 0 Å². The van der Waals surface area contributed by atoms with Gasteiger partial charge in [0, 0.05) is 43.3 Å². The SMILES string of the molecule is CN(C(=O)c1cccc(Nc2cnccn2)c1)C1CCNC1. The Morgan fingerprint density at radius 3 is 3.05 bits per heavy atom. The molecular weight excluding hydrogens is 278 g/mol. The summed E-state index contributed by atoms with van der Waals surface area (Å²) in [6.45, 7) is 1.83. The number of benzene rings is 1. The fourth-order valence-electron chi connectivity index (χ4n) is 2.58. The predicted octanol–water partition coefficient (Wildman–Crippen LogP) is 1.65. The lowest BCUT2D eigenvalue weighted by Gasteiger charge is -2.24. The number of hydrogen-bond acceptors (Lipinski definition) is 5. The Bertz CT molecular complexity index is 640. The molecule has 1 amide bonds. The van der Waals surface area contributed by atoms with Crippen LogP contribution in [-0.4, -0.2) is 47.0 Å². The van der Waals surface area contributed by atoms with Crippen molar-refractivity contribution in [3.8, 4) is 0 Å². The molecule has 2 N–H and O–H groups in total. The number of carbonyl (C=O) groups is 1. The molecule has 1 aromatic heterocycles. The Labute approximate surface area is 129 Å². The molecule has 0 saturated carbocycles. The van der Waals surface area contributed by atoms with E-state index in [0.29, 0.717) is 11.4 Å². The Hall–Kier alpha value is -2.47. The highest BCUT2D eigenvalue weighted by Crippen LogP contribution is 2.18. The summed E-state index contributed by atoms with van der Waals surface area (Å²) in [5, 5.41) is 6.43. The van der Waals surface area contributed by atoms with Crippen molar-refractivity contribution in [2.24, 2.45) is 0 Å². The predicted molar refractivity (Wildman–Crippen MR) is 85.1 cm³/mol. The molecule has 3 rings (SSSR count). The summed E-state index contributed by atoms with van der Waals surface area (Å²) >= 11 is 0. The molecule has 1 atom stereocenters. The molecule has 1 aliphatic heterocycles. The molecule has 2 aromatic rings. The Kier molecular flexibility index (Phi) is 4.29. The third-order valence-corrected chi connectivity index (χ3v) is 3.85. The molecule has 0 radical (unpaired) electrons. The zero-order valence-electron chi connectivity index (χ0n) is 12.5. The maximum Gasteiger partial charge on any atom is 0.253 e. The number of nitrogens with one attached hydrogen (secondary N) is 2. The van der Waals surface area contributed by atoms with Gasteiger partial charge in [0.2, 0.25) is 0 Å². The lowest BCUT2D eigenvalue weighted by Crippen LogP contribution is -2.38. The minimum atomic E-state index is 0.0384. The normalized spacial score (nSPS) is 17.2. The van der Waals surface area contributed by atoms with Gasteiger partial charge in [0.25, 0.3) is 5.91 Å². The summed E-state index contributed by atoms with van der Waals surface area (Å²) in [6.07, 6.45) is 5.89. The van der Waals surface area contributed by atoms with Crippen LogP contribution in [0.5, 0.6) is 0 Å². The third-order valence-electron chi connectivity index (χ3n) is 3.85. The molecule has 0 aliphatic carbocycles. The Morgan fingerprint density at radius 1 is 1.41 bits per heavy atom. The van der Waals surface area contributed by atoms with E-state index in [1.54, 1.807) is 18.6 Å². The van der Waals surface area contributed by atoms with Gasteiger partial charge in [-0.2, -0.15) is 0 Å². The number of amides is 1. The maximum absolute atomic E-state index is 12.6. The molecule has 1 aromatic carbocycles. The van der Waals surface area contributed by atoms with Crippen molar-refractivity contribution < 1.29 is 4.79 Å². The number of rotatable bonds is 4. The lowest BCUT2D eigenvalue weighted by molar-refractivity contribution is 0.0744. The van der Waals surface area contributed by atoms with Crippen molar-refractivity contribution in [3.05, 3.63) is 48.4 Å². The largest absolute Gasteiger partial charge is 0.339 e. The highest BCUT2D eigenvalue weighted by molar-refractivity contribution is 5.95. The Morgan fingerprint density at radius 2 is 2.32 bits per heavy atom. The number of aromatic nitrogens is 2. The van der Waals surface area contributed by atoms with Gasteiger partial charge >= 0.3 is 0 Å². The standard InChI is InChI=1S/C16H19N5O/c1-21(14-5-6-17-10-14)16(22)12-3-2-4-13(9-12)20-15-11-18-7-8-19-15/h2-4,7-9,11,14,17H,5-6,10H2,1H3,(H,19,20). The molecule has 22 heavy (non-hydrogen) atoms. The number of carbonyl (C=O) groups excluding carboxylic acids is 1. The van der Waals surface area contributed by atoms with Crippen LogP contribution in [0.4, 0.5) is 11.5 Å². The van der Waals surface area contributed by atoms with Crippen LogP contribution >= 0.6 is 0 Å². The van der Waals surface area contributed by atoms with Crippen molar-refractivity contribution in [1.29, 1.82) is 0 Å². The second-order valence-corrected chi connectivity index (χ2v) is 5.36. The zero-order valence-corrected chi connectivity index (χ0v) is 12.5. The fraction of sp³-hybridized carbons (Fsp3) is 0.312. The average molecular weight is 297 g/mol. The average Bonchev–Trinajstić information content (AvgIpc) is 3.09. The summed E-state index contributed by atoms with van der Waals surface area (Å²) in [5.74, 6) is 0.692. The highest BCUT2D eigenvalue weighted by Gasteiger charge is 2.24. The second-order valence-electron chi connectivity index (χ2n) is 5.36. The summed E-state index contributed by atoms with van der Waals surface area (Å²) in [7, 11) is 1.86. The van der Waals surface area contributed by atoms with Crippen LogP contribution in [0.1, 0.15) is 16.8 Å². The quantitative estimate of drug-likeness (QED) is 0.898. The fourth-order valence-corrected chi connectivity index (χ4v) is 2.58. The Balaban J connectivity index is 1.74. The molecule has 6 heteroatoms. The van der Waals surface area contributed by atoms with Crippen LogP contribution in [0.3, 0.4) is 0 Å². The van der Waals surface area contributed by atoms with E-state index in [4.69, 9.17) is 0 Å². The summed E-state index contributed by atoms with van der Waals surface area (Å²) in [5.41, 5.74) is 1.49. The molecule has 0 spiro atoms. The lowest BCUT2D eigenvalue weighted by atomic mass is 10.1. The van der Waals surface area contributed by atoms with Crippen molar-refractivity contribution in [2.45, 2.75) is 12.5 Å². The van der Waals surface area contributed by atoms with E-state index in [0.717, 1.165) is 25.2 Å². The minimum Gasteiger partial charge on any atom is -0.339 e. The van der Waals surface area contributed by atoms with E-state index in [1.807, 2.05) is 36.2 Å². The van der Waals surface area contributed by atoms with E-state index in [-0.39, 0.29) is 11.9 Å². The first-order valence-corrected chi connectivity index (χ1v) is 7.35. The van der Waals surface area contributed by atoms with Gasteiger partial charge in [-0.25, -0.2) is 4.98 Å². The summed E-state index contributed by atoms with van der Waals surface area (Å²) < 4.78 is 0. The molecule has 1 fully saturated rings. The van der Waals surface area contributed by atoms with Gasteiger partial charge < -0.3 is 15.5 Å². The molecule has 1 aliphatic rings. The summed E-state index contributed by atoms with van der Waals surface area (Å²) in [4.78, 5) is 22.6. The number of likely N-dealkylation sites (N-methyl/N-ethyl adjacent to an activating group) is 1. The molecule has 2 heterocycles. The molecule has 0 bridgehead atoms. The zero-order chi connectivity index (χ0) is 15.4. The number of hydrogen-bond donors (Lipinski definition) is 2. The van der Waals surface area contributed by atoms with Gasteiger partial charge in [0.05, 0.1) is 6.20 Å². The molecule has 1 saturated heterocycles. The van der Waals surface area contributed by atoms with Crippen LogP contribution in [0.2, 0.25) is 0 Å². The van der Waals surface area contributed by atoms with Crippen LogP contribution in [0.25, 0.3) is 0 Å². The molecule has 6 nitrogen and oxygen atoms in total. The third kappa shape index (κ3) is 3.23. The highest BCUT2D eigenvalue weighted by atomic mass is 16.2.